The average Bonchev–Trinajstić information content (AvgIpc) is 2.88. The first-order valence-electron chi connectivity index (χ1n) is 11.4. The number of methoxy groups -OCH3 is 1. The van der Waals surface area contributed by atoms with Gasteiger partial charge in [0.25, 0.3) is 5.69 Å². The Labute approximate surface area is 203 Å². The highest BCUT2D eigenvalue weighted by molar-refractivity contribution is 7.89. The van der Waals surface area contributed by atoms with Crippen molar-refractivity contribution in [1.29, 1.82) is 0 Å². The summed E-state index contributed by atoms with van der Waals surface area (Å²) in [6, 6.07) is 11.4. The maximum absolute atomic E-state index is 13.5. The molecule has 2 heterocycles. The van der Waals surface area contributed by atoms with Crippen molar-refractivity contribution in [3.05, 3.63) is 70.3 Å². The molecule has 2 aliphatic heterocycles. The highest BCUT2D eigenvalue weighted by atomic mass is 32.2. The Hall–Kier alpha value is -3.31. The number of esters is 1. The van der Waals surface area contributed by atoms with Crippen LogP contribution in [-0.4, -0.2) is 54.8 Å². The number of rotatable bonds is 8. The van der Waals surface area contributed by atoms with Crippen molar-refractivity contribution in [2.75, 3.05) is 7.11 Å². The second kappa shape index (κ2) is 10.1. The van der Waals surface area contributed by atoms with E-state index in [0.29, 0.717) is 18.4 Å². The molecule has 2 bridgehead atoms. The number of nitro benzene ring substituents is 1. The van der Waals surface area contributed by atoms with E-state index < -0.39 is 38.9 Å². The molecule has 2 saturated heterocycles. The molecular formula is C24H27N3O7S. The first kappa shape index (κ1) is 24.8. The van der Waals surface area contributed by atoms with Crippen LogP contribution in [0.15, 0.2) is 59.5 Å². The van der Waals surface area contributed by atoms with Gasteiger partial charge < -0.3 is 10.1 Å². The number of amides is 1. The molecule has 1 amide bonds. The van der Waals surface area contributed by atoms with Crippen LogP contribution in [0.3, 0.4) is 0 Å². The van der Waals surface area contributed by atoms with E-state index in [9.17, 15) is 28.1 Å². The van der Waals surface area contributed by atoms with Crippen LogP contribution in [0.1, 0.15) is 31.2 Å². The fourth-order valence-electron chi connectivity index (χ4n) is 5.08. The summed E-state index contributed by atoms with van der Waals surface area (Å²) < 4.78 is 33.3. The smallest absolute Gasteiger partial charge is 0.328 e. The minimum atomic E-state index is -3.93. The van der Waals surface area contributed by atoms with Crippen LogP contribution in [-0.2, 0) is 30.8 Å². The summed E-state index contributed by atoms with van der Waals surface area (Å²) in [4.78, 5) is 36.5. The number of nitrogens with one attached hydrogen (secondary N) is 1. The van der Waals surface area contributed by atoms with Gasteiger partial charge in [-0.3, -0.25) is 14.9 Å². The van der Waals surface area contributed by atoms with E-state index >= 15 is 0 Å². The molecule has 0 aromatic heterocycles. The molecule has 1 saturated carbocycles. The normalized spacial score (nSPS) is 22.8. The summed E-state index contributed by atoms with van der Waals surface area (Å²) in [7, 11) is -2.73. The number of nitro groups is 1. The van der Waals surface area contributed by atoms with Gasteiger partial charge in [-0.05, 0) is 49.3 Å². The lowest BCUT2D eigenvalue weighted by atomic mass is 9.76. The van der Waals surface area contributed by atoms with Gasteiger partial charge in [0.1, 0.15) is 12.1 Å². The zero-order valence-corrected chi connectivity index (χ0v) is 20.0. The molecule has 0 unspecified atom stereocenters. The average molecular weight is 502 g/mol. The van der Waals surface area contributed by atoms with Gasteiger partial charge in [-0.1, -0.05) is 30.3 Å². The van der Waals surface area contributed by atoms with Gasteiger partial charge in [0.15, 0.2) is 0 Å². The molecular weight excluding hydrogens is 474 g/mol. The standard InChI is InChI=1S/C24H27N3O7S/c1-34-24(29)21(15-16-7-11-19(12-8-16)27(30)31)25-23(28)22-17-9-13-18(14-10-17)26(22)35(32,33)20-5-3-2-4-6-20/h2-8,11-12,17-18,21-22H,9-10,13-15H2,1H3,(H,25,28)/t17?,18?,21-,22-/m0/s1. The number of hydrogen-bond donors (Lipinski definition) is 1. The third kappa shape index (κ3) is 5.06. The molecule has 2 atom stereocenters. The second-order valence-corrected chi connectivity index (χ2v) is 10.7. The third-order valence-electron chi connectivity index (χ3n) is 6.80. The molecule has 1 aliphatic carbocycles. The maximum Gasteiger partial charge on any atom is 0.328 e. The van der Waals surface area contributed by atoms with Gasteiger partial charge in [-0.2, -0.15) is 4.31 Å². The van der Waals surface area contributed by atoms with E-state index in [0.717, 1.165) is 12.8 Å². The number of sulfonamides is 1. The first-order valence-corrected chi connectivity index (χ1v) is 12.9. The van der Waals surface area contributed by atoms with Crippen LogP contribution >= 0.6 is 0 Å². The molecule has 10 nitrogen and oxygen atoms in total. The van der Waals surface area contributed by atoms with Gasteiger partial charge in [0.05, 0.1) is 16.9 Å². The fraction of sp³-hybridized carbons (Fsp3) is 0.417. The highest BCUT2D eigenvalue weighted by Crippen LogP contribution is 2.42. The summed E-state index contributed by atoms with van der Waals surface area (Å²) >= 11 is 0. The van der Waals surface area contributed by atoms with E-state index in [4.69, 9.17) is 4.74 Å². The van der Waals surface area contributed by atoms with Crippen LogP contribution < -0.4 is 5.32 Å². The van der Waals surface area contributed by atoms with E-state index in [1.165, 1.54) is 47.8 Å². The van der Waals surface area contributed by atoms with Crippen molar-refractivity contribution in [3.8, 4) is 0 Å². The lowest BCUT2D eigenvalue weighted by Crippen LogP contribution is -2.63. The Kier molecular flexibility index (Phi) is 7.18. The van der Waals surface area contributed by atoms with Crippen molar-refractivity contribution in [2.45, 2.75) is 55.1 Å². The number of piperidine rings is 2. The van der Waals surface area contributed by atoms with Crippen molar-refractivity contribution in [3.63, 3.8) is 0 Å². The van der Waals surface area contributed by atoms with Crippen molar-refractivity contribution in [2.24, 2.45) is 5.92 Å². The molecule has 0 radical (unpaired) electrons. The molecule has 3 aliphatic rings. The van der Waals surface area contributed by atoms with Gasteiger partial charge >= 0.3 is 5.97 Å². The monoisotopic (exact) mass is 501 g/mol. The minimum Gasteiger partial charge on any atom is -0.467 e. The van der Waals surface area contributed by atoms with E-state index in [-0.39, 0.29) is 29.0 Å². The number of fused-ring (bicyclic) bond motifs is 3. The van der Waals surface area contributed by atoms with Crippen LogP contribution in [0.4, 0.5) is 5.69 Å². The van der Waals surface area contributed by atoms with Gasteiger partial charge in [-0.25, -0.2) is 13.2 Å². The number of benzene rings is 2. The Morgan fingerprint density at radius 3 is 2.29 bits per heavy atom. The summed E-state index contributed by atoms with van der Waals surface area (Å²) in [5.41, 5.74) is 0.498. The van der Waals surface area contributed by atoms with Crippen LogP contribution in [0, 0.1) is 16.0 Å². The van der Waals surface area contributed by atoms with E-state index in [1.807, 2.05) is 0 Å². The van der Waals surface area contributed by atoms with Gasteiger partial charge in [0, 0.05) is 24.6 Å². The predicted octanol–water partition coefficient (Wildman–Crippen LogP) is 2.43. The Morgan fingerprint density at radius 1 is 1.09 bits per heavy atom. The maximum atomic E-state index is 13.5. The summed E-state index contributed by atoms with van der Waals surface area (Å²) in [6.45, 7) is 0. The zero-order valence-electron chi connectivity index (χ0n) is 19.2. The van der Waals surface area contributed by atoms with Crippen molar-refractivity contribution in [1.82, 2.24) is 9.62 Å². The Morgan fingerprint density at radius 2 is 1.71 bits per heavy atom. The fourth-order valence-corrected chi connectivity index (χ4v) is 6.99. The number of hydrogen-bond acceptors (Lipinski definition) is 7. The Balaban J connectivity index is 1.59. The molecule has 1 N–H and O–H groups in total. The molecule has 2 aromatic rings. The second-order valence-electron chi connectivity index (χ2n) is 8.87. The van der Waals surface area contributed by atoms with Crippen LogP contribution in [0.25, 0.3) is 0 Å². The lowest BCUT2D eigenvalue weighted by Gasteiger charge is -2.49. The molecule has 2 aromatic carbocycles. The van der Waals surface area contributed by atoms with E-state index in [2.05, 4.69) is 5.32 Å². The van der Waals surface area contributed by atoms with Gasteiger partial charge in [-0.15, -0.1) is 0 Å². The molecule has 35 heavy (non-hydrogen) atoms. The quantitative estimate of drug-likeness (QED) is 0.333. The largest absolute Gasteiger partial charge is 0.467 e. The molecule has 3 fully saturated rings. The van der Waals surface area contributed by atoms with Crippen LogP contribution in [0.5, 0.6) is 0 Å². The van der Waals surface area contributed by atoms with E-state index in [1.54, 1.807) is 18.2 Å². The predicted molar refractivity (Wildman–Crippen MR) is 126 cm³/mol. The molecule has 0 spiro atoms. The third-order valence-corrected chi connectivity index (χ3v) is 8.75. The number of carbonyl (C=O) groups is 2. The number of nitrogens with zero attached hydrogens (tertiary/aromatic N) is 2. The Bertz CT molecular complexity index is 1190. The molecule has 186 valence electrons. The minimum absolute atomic E-state index is 0.0443. The van der Waals surface area contributed by atoms with Crippen molar-refractivity contribution < 1.29 is 27.7 Å². The number of ether oxygens (including phenoxy) is 1. The lowest BCUT2D eigenvalue weighted by molar-refractivity contribution is -0.384. The number of non-ortho nitro benzene ring substituents is 1. The van der Waals surface area contributed by atoms with Crippen molar-refractivity contribution >= 4 is 27.6 Å². The summed E-state index contributed by atoms with van der Waals surface area (Å²) in [6.07, 6.45) is 2.87. The highest BCUT2D eigenvalue weighted by Gasteiger charge is 2.51. The molecule has 11 heteroatoms. The SMILES string of the molecule is COC(=O)[C@H](Cc1ccc([N+](=O)[O-])cc1)NC(=O)[C@@H]1C2CCC(CC2)N1S(=O)(=O)c1ccccc1. The number of carbonyl (C=O) groups excluding carboxylic acids is 2. The van der Waals surface area contributed by atoms with Crippen LogP contribution in [0.2, 0.25) is 0 Å². The first-order chi connectivity index (χ1) is 16.7. The summed E-state index contributed by atoms with van der Waals surface area (Å²) in [5.74, 6) is -1.39. The zero-order chi connectivity index (χ0) is 25.2. The van der Waals surface area contributed by atoms with Gasteiger partial charge in [0.2, 0.25) is 15.9 Å². The topological polar surface area (TPSA) is 136 Å². The molecule has 5 rings (SSSR count). The summed E-state index contributed by atoms with van der Waals surface area (Å²) in [5, 5.41) is 13.6.